The minimum Gasteiger partial charge on any atom is -0.490 e. The number of hydrogen-bond donors (Lipinski definition) is 1. The summed E-state index contributed by atoms with van der Waals surface area (Å²) < 4.78 is 19.3. The van der Waals surface area contributed by atoms with E-state index in [0.29, 0.717) is 6.42 Å². The first-order valence-corrected chi connectivity index (χ1v) is 6.86. The van der Waals surface area contributed by atoms with Crippen LogP contribution in [0.1, 0.15) is 44.6 Å². The van der Waals surface area contributed by atoms with Crippen LogP contribution in [0, 0.1) is 5.82 Å². The Morgan fingerprint density at radius 2 is 2.06 bits per heavy atom. The smallest absolute Gasteiger partial charge is 0.123 e. The van der Waals surface area contributed by atoms with Crippen LogP contribution in [0.25, 0.3) is 0 Å². The molecule has 0 radical (unpaired) electrons. The summed E-state index contributed by atoms with van der Waals surface area (Å²) in [6.07, 6.45) is 6.92. The molecule has 2 nitrogen and oxygen atoms in total. The van der Waals surface area contributed by atoms with Crippen molar-refractivity contribution < 1.29 is 9.13 Å². The van der Waals surface area contributed by atoms with Gasteiger partial charge < -0.3 is 10.5 Å². The Morgan fingerprint density at radius 1 is 1.33 bits per heavy atom. The number of halogens is 1. The number of nitrogens with two attached hydrogens (primary N) is 1. The number of ether oxygens (including phenoxy) is 1. The second-order valence-electron chi connectivity index (χ2n) is 5.31. The second-order valence-corrected chi connectivity index (χ2v) is 5.31. The monoisotopic (exact) mass is 251 g/mol. The highest BCUT2D eigenvalue weighted by Gasteiger charge is 2.17. The molecule has 1 aromatic carbocycles. The molecule has 1 unspecified atom stereocenters. The predicted molar refractivity (Wildman–Crippen MR) is 71.3 cm³/mol. The Kier molecular flexibility index (Phi) is 4.59. The molecule has 1 aliphatic rings. The van der Waals surface area contributed by atoms with E-state index < -0.39 is 0 Å². The summed E-state index contributed by atoms with van der Waals surface area (Å²) in [5.74, 6) is 0.585. The van der Waals surface area contributed by atoms with E-state index in [0.717, 1.165) is 24.2 Å². The second kappa shape index (κ2) is 6.19. The van der Waals surface area contributed by atoms with Crippen LogP contribution in [0.4, 0.5) is 4.39 Å². The van der Waals surface area contributed by atoms with Crippen molar-refractivity contribution >= 4 is 0 Å². The van der Waals surface area contributed by atoms with Gasteiger partial charge in [-0.1, -0.05) is 6.42 Å². The van der Waals surface area contributed by atoms with Crippen molar-refractivity contribution in [2.45, 2.75) is 57.6 Å². The molecule has 1 aliphatic carbocycles. The lowest BCUT2D eigenvalue weighted by Crippen LogP contribution is -2.22. The first kappa shape index (κ1) is 13.3. The average molecular weight is 251 g/mol. The molecule has 2 N–H and O–H groups in total. The zero-order valence-electron chi connectivity index (χ0n) is 11.0. The third kappa shape index (κ3) is 3.70. The maximum absolute atomic E-state index is 13.3. The van der Waals surface area contributed by atoms with Crippen molar-refractivity contribution in [3.05, 3.63) is 29.6 Å². The minimum absolute atomic E-state index is 0.0144. The average Bonchev–Trinajstić information content (AvgIpc) is 2.33. The predicted octanol–water partition coefficient (Wildman–Crippen LogP) is 3.43. The molecule has 0 spiro atoms. The molecule has 1 aromatic rings. The summed E-state index contributed by atoms with van der Waals surface area (Å²) in [7, 11) is 0. The van der Waals surface area contributed by atoms with Crippen LogP contribution in [0.2, 0.25) is 0 Å². The number of hydrogen-bond acceptors (Lipinski definition) is 2. The molecule has 0 bridgehead atoms. The fourth-order valence-electron chi connectivity index (χ4n) is 2.53. The van der Waals surface area contributed by atoms with Crippen LogP contribution in [0.5, 0.6) is 5.75 Å². The van der Waals surface area contributed by atoms with Crippen molar-refractivity contribution in [3.8, 4) is 5.75 Å². The van der Waals surface area contributed by atoms with Crippen LogP contribution in [-0.2, 0) is 6.42 Å². The highest BCUT2D eigenvalue weighted by molar-refractivity contribution is 5.34. The van der Waals surface area contributed by atoms with E-state index in [1.54, 1.807) is 12.1 Å². The Morgan fingerprint density at radius 3 is 2.72 bits per heavy atom. The van der Waals surface area contributed by atoms with Crippen LogP contribution < -0.4 is 10.5 Å². The number of benzene rings is 1. The summed E-state index contributed by atoms with van der Waals surface area (Å²) in [5.41, 5.74) is 6.68. The molecule has 0 heterocycles. The van der Waals surface area contributed by atoms with E-state index in [4.69, 9.17) is 10.5 Å². The SMILES string of the molecule is CC(N)Cc1cc(F)ccc1OC1CCCCC1. The fourth-order valence-corrected chi connectivity index (χ4v) is 2.53. The maximum Gasteiger partial charge on any atom is 0.123 e. The Bertz CT molecular complexity index is 386. The lowest BCUT2D eigenvalue weighted by molar-refractivity contribution is 0.153. The first-order chi connectivity index (χ1) is 8.65. The van der Waals surface area contributed by atoms with Gasteiger partial charge in [-0.2, -0.15) is 0 Å². The Hall–Kier alpha value is -1.09. The van der Waals surface area contributed by atoms with Gasteiger partial charge in [0.05, 0.1) is 6.10 Å². The third-order valence-electron chi connectivity index (χ3n) is 3.41. The van der Waals surface area contributed by atoms with Crippen molar-refractivity contribution in [3.63, 3.8) is 0 Å². The van der Waals surface area contributed by atoms with Crippen LogP contribution in [-0.4, -0.2) is 12.1 Å². The van der Waals surface area contributed by atoms with Crippen LogP contribution in [0.3, 0.4) is 0 Å². The van der Waals surface area contributed by atoms with Gasteiger partial charge in [0.1, 0.15) is 11.6 Å². The van der Waals surface area contributed by atoms with E-state index in [-0.39, 0.29) is 18.0 Å². The van der Waals surface area contributed by atoms with Gasteiger partial charge in [-0.3, -0.25) is 0 Å². The van der Waals surface area contributed by atoms with E-state index in [9.17, 15) is 4.39 Å². The number of rotatable bonds is 4. The van der Waals surface area contributed by atoms with Crippen molar-refractivity contribution in [1.82, 2.24) is 0 Å². The van der Waals surface area contributed by atoms with Crippen molar-refractivity contribution in [2.24, 2.45) is 5.73 Å². The molecule has 18 heavy (non-hydrogen) atoms. The van der Waals surface area contributed by atoms with Gasteiger partial charge in [0.15, 0.2) is 0 Å². The van der Waals surface area contributed by atoms with Crippen molar-refractivity contribution in [1.29, 1.82) is 0 Å². The van der Waals surface area contributed by atoms with Gasteiger partial charge in [-0.25, -0.2) is 4.39 Å². The Balaban J connectivity index is 2.09. The van der Waals surface area contributed by atoms with E-state index in [1.807, 2.05) is 6.92 Å². The zero-order valence-corrected chi connectivity index (χ0v) is 11.0. The summed E-state index contributed by atoms with van der Waals surface area (Å²) in [6, 6.07) is 4.76. The molecule has 0 aromatic heterocycles. The standard InChI is InChI=1S/C15H22FNO/c1-11(17)9-12-10-13(16)7-8-15(12)18-14-5-3-2-4-6-14/h7-8,10-11,14H,2-6,9,17H2,1H3. The summed E-state index contributed by atoms with van der Waals surface area (Å²) in [5, 5.41) is 0. The van der Waals surface area contributed by atoms with Crippen LogP contribution in [0.15, 0.2) is 18.2 Å². The topological polar surface area (TPSA) is 35.2 Å². The lowest BCUT2D eigenvalue weighted by Gasteiger charge is -2.24. The van der Waals surface area contributed by atoms with E-state index in [1.165, 1.54) is 25.3 Å². The zero-order chi connectivity index (χ0) is 13.0. The van der Waals surface area contributed by atoms with Crippen LogP contribution >= 0.6 is 0 Å². The van der Waals surface area contributed by atoms with E-state index in [2.05, 4.69) is 0 Å². The molecule has 2 rings (SSSR count). The molecule has 3 heteroatoms. The maximum atomic E-state index is 13.3. The van der Waals surface area contributed by atoms with Gasteiger partial charge >= 0.3 is 0 Å². The minimum atomic E-state index is -0.221. The molecule has 100 valence electrons. The van der Waals surface area contributed by atoms with E-state index >= 15 is 0 Å². The molecule has 1 atom stereocenters. The normalized spacial score (nSPS) is 18.6. The molecule has 0 aliphatic heterocycles. The summed E-state index contributed by atoms with van der Waals surface area (Å²) in [6.45, 7) is 1.93. The van der Waals surface area contributed by atoms with Gasteiger partial charge in [0, 0.05) is 6.04 Å². The van der Waals surface area contributed by atoms with Crippen molar-refractivity contribution in [2.75, 3.05) is 0 Å². The molecule has 1 fully saturated rings. The highest BCUT2D eigenvalue weighted by Crippen LogP contribution is 2.27. The van der Waals surface area contributed by atoms with Gasteiger partial charge in [0.25, 0.3) is 0 Å². The van der Waals surface area contributed by atoms with Gasteiger partial charge in [0.2, 0.25) is 0 Å². The highest BCUT2D eigenvalue weighted by atomic mass is 19.1. The largest absolute Gasteiger partial charge is 0.490 e. The first-order valence-electron chi connectivity index (χ1n) is 6.86. The quantitative estimate of drug-likeness (QED) is 0.889. The molecule has 0 amide bonds. The summed E-state index contributed by atoms with van der Waals surface area (Å²) >= 11 is 0. The molecular weight excluding hydrogens is 229 g/mol. The fraction of sp³-hybridized carbons (Fsp3) is 0.600. The van der Waals surface area contributed by atoms with Gasteiger partial charge in [-0.05, 0) is 62.8 Å². The lowest BCUT2D eigenvalue weighted by atomic mass is 9.97. The molecule has 0 saturated heterocycles. The molecule has 1 saturated carbocycles. The Labute approximate surface area is 108 Å². The molecular formula is C15H22FNO. The third-order valence-corrected chi connectivity index (χ3v) is 3.41. The summed E-state index contributed by atoms with van der Waals surface area (Å²) in [4.78, 5) is 0. The van der Waals surface area contributed by atoms with Gasteiger partial charge in [-0.15, -0.1) is 0 Å².